The van der Waals surface area contributed by atoms with Crippen LogP contribution in [0.5, 0.6) is 0 Å². The molecular formula is C59H40N2. The van der Waals surface area contributed by atoms with Gasteiger partial charge in [-0.05, 0) is 134 Å². The molecule has 2 aliphatic rings. The molecule has 0 spiro atoms. The Morgan fingerprint density at radius 3 is 1.72 bits per heavy atom. The van der Waals surface area contributed by atoms with Gasteiger partial charge in [-0.1, -0.05) is 170 Å². The Hall–Kier alpha value is -7.94. The van der Waals surface area contributed by atoms with Crippen molar-refractivity contribution < 1.29 is 0 Å². The largest absolute Gasteiger partial charge is 0.310 e. The Morgan fingerprint density at radius 2 is 0.951 bits per heavy atom. The van der Waals surface area contributed by atoms with Crippen LogP contribution in [0.4, 0.5) is 34.1 Å². The van der Waals surface area contributed by atoms with E-state index in [4.69, 9.17) is 0 Å². The molecule has 0 saturated carbocycles. The van der Waals surface area contributed by atoms with Gasteiger partial charge in [0, 0.05) is 28.3 Å². The highest BCUT2D eigenvalue weighted by atomic mass is 15.2. The minimum absolute atomic E-state index is 0.565. The van der Waals surface area contributed by atoms with Gasteiger partial charge in [0.05, 0.1) is 16.8 Å². The molecule has 10 aromatic rings. The Bertz CT molecular complexity index is 3230. The first-order valence-corrected chi connectivity index (χ1v) is 21.1. The maximum atomic E-state index is 2.50. The topological polar surface area (TPSA) is 6.48 Å². The van der Waals surface area contributed by atoms with Gasteiger partial charge in [0.25, 0.3) is 0 Å². The number of hydrogen-bond acceptors (Lipinski definition) is 2. The second kappa shape index (κ2) is 14.1. The second-order valence-corrected chi connectivity index (χ2v) is 16.1. The molecule has 1 aliphatic heterocycles. The first-order valence-electron chi connectivity index (χ1n) is 21.1. The van der Waals surface area contributed by atoms with Crippen LogP contribution in [0.2, 0.25) is 0 Å². The third-order valence-corrected chi connectivity index (χ3v) is 12.8. The molecule has 12 rings (SSSR count). The number of hydrogen-bond donors (Lipinski definition) is 0. The fourth-order valence-corrected chi connectivity index (χ4v) is 10.2. The molecule has 1 heterocycles. The lowest BCUT2D eigenvalue weighted by atomic mass is 9.64. The van der Waals surface area contributed by atoms with Crippen molar-refractivity contribution in [3.63, 3.8) is 0 Å². The summed E-state index contributed by atoms with van der Waals surface area (Å²) in [4.78, 5) is 4.82. The molecule has 2 nitrogen and oxygen atoms in total. The Balaban J connectivity index is 1.10. The van der Waals surface area contributed by atoms with Crippen molar-refractivity contribution >= 4 is 44.9 Å². The molecule has 1 atom stereocenters. The first-order chi connectivity index (χ1) is 30.3. The number of rotatable bonds is 7. The quantitative estimate of drug-likeness (QED) is 0.159. The minimum atomic E-state index is -0.565. The summed E-state index contributed by atoms with van der Waals surface area (Å²) in [5.41, 5.74) is 18.9. The number of nitrogens with zero attached hydrogens (tertiary/aromatic N) is 2. The normalized spacial score (nSPS) is 14.6. The average Bonchev–Trinajstić information content (AvgIpc) is 3.65. The predicted octanol–water partition coefficient (Wildman–Crippen LogP) is 15.8. The summed E-state index contributed by atoms with van der Waals surface area (Å²) in [7, 11) is 0. The molecule has 0 N–H and O–H groups in total. The molecule has 0 fully saturated rings. The smallest absolute Gasteiger partial charge is 0.0754 e. The molecule has 1 aliphatic carbocycles. The fourth-order valence-electron chi connectivity index (χ4n) is 10.2. The third-order valence-electron chi connectivity index (χ3n) is 12.8. The molecule has 10 aromatic carbocycles. The van der Waals surface area contributed by atoms with E-state index in [2.05, 4.69) is 252 Å². The van der Waals surface area contributed by atoms with E-state index < -0.39 is 5.41 Å². The van der Waals surface area contributed by atoms with Crippen LogP contribution in [0.3, 0.4) is 0 Å². The van der Waals surface area contributed by atoms with Crippen molar-refractivity contribution in [2.75, 3.05) is 9.80 Å². The molecular weight excluding hydrogens is 737 g/mol. The van der Waals surface area contributed by atoms with Crippen LogP contribution >= 0.6 is 0 Å². The van der Waals surface area contributed by atoms with Crippen molar-refractivity contribution in [2.24, 2.45) is 0 Å². The summed E-state index contributed by atoms with van der Waals surface area (Å²) in [5.74, 6) is 0. The number of fused-ring (bicyclic) bond motifs is 6. The summed E-state index contributed by atoms with van der Waals surface area (Å²) in [6.45, 7) is 0. The summed E-state index contributed by atoms with van der Waals surface area (Å²) in [6, 6.07) is 89.1. The van der Waals surface area contributed by atoms with Crippen LogP contribution in [0.1, 0.15) is 22.3 Å². The highest BCUT2D eigenvalue weighted by Crippen LogP contribution is 2.66. The van der Waals surface area contributed by atoms with Crippen LogP contribution in [0, 0.1) is 0 Å². The minimum Gasteiger partial charge on any atom is -0.310 e. The zero-order valence-corrected chi connectivity index (χ0v) is 33.5. The van der Waals surface area contributed by atoms with Gasteiger partial charge in [0.15, 0.2) is 0 Å². The van der Waals surface area contributed by atoms with E-state index in [1.165, 1.54) is 77.8 Å². The van der Waals surface area contributed by atoms with Gasteiger partial charge in [0.2, 0.25) is 0 Å². The van der Waals surface area contributed by atoms with Gasteiger partial charge in [0.1, 0.15) is 0 Å². The van der Waals surface area contributed by atoms with Gasteiger partial charge in [-0.25, -0.2) is 0 Å². The van der Waals surface area contributed by atoms with E-state index >= 15 is 0 Å². The first kappa shape index (κ1) is 35.0. The van der Waals surface area contributed by atoms with E-state index in [0.29, 0.717) is 0 Å². The van der Waals surface area contributed by atoms with Crippen molar-refractivity contribution in [3.05, 3.63) is 265 Å². The van der Waals surface area contributed by atoms with Crippen molar-refractivity contribution in [2.45, 2.75) is 5.41 Å². The van der Waals surface area contributed by atoms with Gasteiger partial charge in [-0.3, -0.25) is 0 Å². The average molecular weight is 777 g/mol. The SMILES string of the molecule is c1ccc(-c2cc(-c3ccc(N(c4ccccc4)c4ccc5ccccc5c4)cc3)cc3c2-c2cccc4c2C3(c2ccccc2)c2ccccc2N4c2ccccc2)cc1. The highest BCUT2D eigenvalue weighted by Gasteiger charge is 2.53. The lowest BCUT2D eigenvalue weighted by Gasteiger charge is -2.44. The molecule has 0 saturated heterocycles. The summed E-state index contributed by atoms with van der Waals surface area (Å²) >= 11 is 0. The van der Waals surface area contributed by atoms with Gasteiger partial charge < -0.3 is 9.80 Å². The summed E-state index contributed by atoms with van der Waals surface area (Å²) in [6.07, 6.45) is 0. The van der Waals surface area contributed by atoms with E-state index in [0.717, 1.165) is 22.7 Å². The molecule has 0 bridgehead atoms. The number of benzene rings is 10. The number of para-hydroxylation sites is 3. The molecule has 0 aromatic heterocycles. The van der Waals surface area contributed by atoms with Crippen LogP contribution in [0.25, 0.3) is 44.2 Å². The zero-order valence-electron chi connectivity index (χ0n) is 33.5. The zero-order chi connectivity index (χ0) is 40.3. The lowest BCUT2D eigenvalue weighted by molar-refractivity contribution is 0.754. The fraction of sp³-hybridized carbons (Fsp3) is 0.0169. The lowest BCUT2D eigenvalue weighted by Crippen LogP contribution is -2.35. The van der Waals surface area contributed by atoms with Crippen LogP contribution < -0.4 is 9.80 Å². The molecule has 1 unspecified atom stereocenters. The molecule has 0 radical (unpaired) electrons. The second-order valence-electron chi connectivity index (χ2n) is 16.1. The Labute approximate surface area is 356 Å². The third kappa shape index (κ3) is 5.43. The van der Waals surface area contributed by atoms with Gasteiger partial charge in [-0.15, -0.1) is 0 Å². The molecule has 0 amide bonds. The van der Waals surface area contributed by atoms with E-state index in [9.17, 15) is 0 Å². The van der Waals surface area contributed by atoms with Gasteiger partial charge >= 0.3 is 0 Å². The van der Waals surface area contributed by atoms with E-state index in [1.54, 1.807) is 0 Å². The van der Waals surface area contributed by atoms with Crippen molar-refractivity contribution in [1.82, 2.24) is 0 Å². The molecule has 2 heteroatoms. The maximum Gasteiger partial charge on any atom is 0.0754 e. The Kier molecular flexibility index (Phi) is 8.11. The highest BCUT2D eigenvalue weighted by molar-refractivity contribution is 6.04. The number of anilines is 6. The van der Waals surface area contributed by atoms with E-state index in [1.807, 2.05) is 0 Å². The Morgan fingerprint density at radius 1 is 0.344 bits per heavy atom. The van der Waals surface area contributed by atoms with E-state index in [-0.39, 0.29) is 0 Å². The monoisotopic (exact) mass is 776 g/mol. The standard InChI is InChI=1S/C59H40N2/c1-5-19-43(20-6-1)52-39-45(42-32-35-49(36-33-42)60(47-24-9-3-10-25-47)50-37-34-41-18-13-14-21-44(41)38-50)40-54-57(52)51-28-17-31-56-58(51)59(54,46-22-7-2-8-23-46)53-29-15-16-30-55(53)61(56)48-26-11-4-12-27-48/h1-40H. The summed E-state index contributed by atoms with van der Waals surface area (Å²) in [5, 5.41) is 2.45. The van der Waals surface area contributed by atoms with Crippen molar-refractivity contribution in [1.29, 1.82) is 0 Å². The predicted molar refractivity (Wildman–Crippen MR) is 255 cm³/mol. The van der Waals surface area contributed by atoms with Crippen LogP contribution in [-0.2, 0) is 5.41 Å². The maximum absolute atomic E-state index is 2.50. The van der Waals surface area contributed by atoms with Crippen molar-refractivity contribution in [3.8, 4) is 33.4 Å². The van der Waals surface area contributed by atoms with Crippen LogP contribution in [-0.4, -0.2) is 0 Å². The molecule has 61 heavy (non-hydrogen) atoms. The van der Waals surface area contributed by atoms with Gasteiger partial charge in [-0.2, -0.15) is 0 Å². The summed E-state index contributed by atoms with van der Waals surface area (Å²) < 4.78 is 0. The molecule has 286 valence electrons. The van der Waals surface area contributed by atoms with Crippen LogP contribution in [0.15, 0.2) is 243 Å².